The quantitative estimate of drug-likeness (QED) is 0.651. The minimum Gasteiger partial charge on any atom is -0.299 e. The van der Waals surface area contributed by atoms with Gasteiger partial charge in [-0.25, -0.2) is 0 Å². The van der Waals surface area contributed by atoms with Gasteiger partial charge < -0.3 is 0 Å². The van der Waals surface area contributed by atoms with Crippen LogP contribution in [-0.4, -0.2) is 11.6 Å². The molecule has 0 unspecified atom stereocenters. The van der Waals surface area contributed by atoms with Crippen LogP contribution in [0, 0.1) is 34.0 Å². The molecule has 0 heterocycles. The van der Waals surface area contributed by atoms with Gasteiger partial charge >= 0.3 is 0 Å². The van der Waals surface area contributed by atoms with Crippen LogP contribution in [0.3, 0.4) is 0 Å². The standard InChI is InChI=1S/C23H32O2/c1-14-12-17-18(21(3)9-6-16(25)13-20(14)21)7-11-23(5)19(17)8-10-22(23,4)15(2)24/h12-13,17-19H,6-11H2,1-5H3/t17-,18+,19+,21+,22-,23-/m0/s1. The van der Waals surface area contributed by atoms with Crippen molar-refractivity contribution in [1.82, 2.24) is 0 Å². The lowest BCUT2D eigenvalue weighted by molar-refractivity contribution is -0.136. The number of rotatable bonds is 1. The number of ketones is 2. The van der Waals surface area contributed by atoms with Crippen molar-refractivity contribution in [2.24, 2.45) is 34.0 Å². The summed E-state index contributed by atoms with van der Waals surface area (Å²) < 4.78 is 0. The van der Waals surface area contributed by atoms with E-state index in [9.17, 15) is 9.59 Å². The number of Topliss-reactive ketones (excluding diaryl/α,β-unsaturated/α-hetero) is 1. The second kappa shape index (κ2) is 5.18. The number of allylic oxidation sites excluding steroid dienone is 4. The normalized spacial score (nSPS) is 48.8. The average molecular weight is 341 g/mol. The zero-order chi connectivity index (χ0) is 18.2. The summed E-state index contributed by atoms with van der Waals surface area (Å²) in [5.41, 5.74) is 2.73. The lowest BCUT2D eigenvalue weighted by atomic mass is 9.46. The number of carbonyl (C=O) groups excluding carboxylic acids is 2. The molecule has 0 aromatic heterocycles. The smallest absolute Gasteiger partial charge is 0.156 e. The Labute approximate surface area is 152 Å². The molecule has 6 atom stereocenters. The molecule has 0 amide bonds. The van der Waals surface area contributed by atoms with Crippen molar-refractivity contribution in [3.63, 3.8) is 0 Å². The third kappa shape index (κ3) is 2.03. The van der Waals surface area contributed by atoms with Crippen LogP contribution in [0.5, 0.6) is 0 Å². The summed E-state index contributed by atoms with van der Waals surface area (Å²) in [6.45, 7) is 11.0. The van der Waals surface area contributed by atoms with Crippen LogP contribution >= 0.6 is 0 Å². The average Bonchev–Trinajstić information content (AvgIpc) is 2.83. The second-order valence-corrected chi connectivity index (χ2v) is 9.96. The highest BCUT2D eigenvalue weighted by molar-refractivity contribution is 5.92. The first-order valence-corrected chi connectivity index (χ1v) is 10.1. The molecule has 4 aliphatic carbocycles. The van der Waals surface area contributed by atoms with Gasteiger partial charge in [0, 0.05) is 11.8 Å². The lowest BCUT2D eigenvalue weighted by Gasteiger charge is -2.58. The van der Waals surface area contributed by atoms with E-state index in [2.05, 4.69) is 33.8 Å². The van der Waals surface area contributed by atoms with Crippen LogP contribution in [0.15, 0.2) is 23.3 Å². The molecule has 2 heteroatoms. The van der Waals surface area contributed by atoms with E-state index < -0.39 is 0 Å². The van der Waals surface area contributed by atoms with Gasteiger partial charge in [-0.05, 0) is 86.2 Å². The molecule has 0 aromatic rings. The molecule has 0 N–H and O–H groups in total. The number of fused-ring (bicyclic) bond motifs is 5. The molecule has 0 radical (unpaired) electrons. The summed E-state index contributed by atoms with van der Waals surface area (Å²) in [6.07, 6.45) is 10.7. The van der Waals surface area contributed by atoms with E-state index >= 15 is 0 Å². The number of hydrogen-bond donors (Lipinski definition) is 0. The van der Waals surface area contributed by atoms with Gasteiger partial charge in [-0.2, -0.15) is 0 Å². The first-order chi connectivity index (χ1) is 11.6. The predicted molar refractivity (Wildman–Crippen MR) is 100 cm³/mol. The SMILES string of the molecule is CC(=O)[C@]1(C)CC[C@@H]2[C@H]3C=C(C)C4=CC(=O)CC[C@]4(C)[C@@H]3CC[C@@]21C. The van der Waals surface area contributed by atoms with Crippen molar-refractivity contribution in [2.45, 2.75) is 73.1 Å². The Balaban J connectivity index is 1.80. The highest BCUT2D eigenvalue weighted by Gasteiger charge is 2.63. The molecule has 4 aliphatic rings. The van der Waals surface area contributed by atoms with Crippen molar-refractivity contribution in [2.75, 3.05) is 0 Å². The van der Waals surface area contributed by atoms with Gasteiger partial charge in [0.1, 0.15) is 5.78 Å². The maximum atomic E-state index is 12.5. The van der Waals surface area contributed by atoms with E-state index in [4.69, 9.17) is 0 Å². The van der Waals surface area contributed by atoms with E-state index in [0.29, 0.717) is 35.7 Å². The van der Waals surface area contributed by atoms with E-state index in [0.717, 1.165) is 19.3 Å². The molecule has 2 saturated carbocycles. The van der Waals surface area contributed by atoms with Crippen LogP contribution in [0.4, 0.5) is 0 Å². The molecular weight excluding hydrogens is 308 g/mol. The molecule has 136 valence electrons. The third-order valence-electron chi connectivity index (χ3n) is 9.21. The maximum absolute atomic E-state index is 12.5. The van der Waals surface area contributed by atoms with E-state index in [1.165, 1.54) is 24.0 Å². The van der Waals surface area contributed by atoms with Crippen molar-refractivity contribution in [3.8, 4) is 0 Å². The van der Waals surface area contributed by atoms with Crippen LogP contribution in [0.2, 0.25) is 0 Å². The molecule has 4 rings (SSSR count). The molecule has 0 bridgehead atoms. The van der Waals surface area contributed by atoms with Gasteiger partial charge in [0.2, 0.25) is 0 Å². The Hall–Kier alpha value is -1.18. The summed E-state index contributed by atoms with van der Waals surface area (Å²) >= 11 is 0. The minimum absolute atomic E-state index is 0.124. The van der Waals surface area contributed by atoms with Gasteiger partial charge in [-0.1, -0.05) is 32.4 Å². The van der Waals surface area contributed by atoms with Crippen molar-refractivity contribution < 1.29 is 9.59 Å². The summed E-state index contributed by atoms with van der Waals surface area (Å²) in [5.74, 6) is 2.47. The van der Waals surface area contributed by atoms with Crippen LogP contribution in [0.25, 0.3) is 0 Å². The Morgan fingerprint density at radius 3 is 2.44 bits per heavy atom. The first-order valence-electron chi connectivity index (χ1n) is 10.1. The summed E-state index contributed by atoms with van der Waals surface area (Å²) in [6, 6.07) is 0. The first kappa shape index (κ1) is 17.2. The highest BCUT2D eigenvalue weighted by Crippen LogP contribution is 2.69. The molecule has 0 aliphatic heterocycles. The van der Waals surface area contributed by atoms with Gasteiger partial charge in [-0.15, -0.1) is 0 Å². The zero-order valence-electron chi connectivity index (χ0n) is 16.4. The summed E-state index contributed by atoms with van der Waals surface area (Å²) in [7, 11) is 0. The topological polar surface area (TPSA) is 34.1 Å². The van der Waals surface area contributed by atoms with Gasteiger partial charge in [0.25, 0.3) is 0 Å². The molecule has 0 aromatic carbocycles. The molecular formula is C23H32O2. The fourth-order valence-electron chi connectivity index (χ4n) is 7.26. The molecule has 25 heavy (non-hydrogen) atoms. The van der Waals surface area contributed by atoms with Crippen molar-refractivity contribution in [1.29, 1.82) is 0 Å². The van der Waals surface area contributed by atoms with Crippen molar-refractivity contribution >= 4 is 11.6 Å². The third-order valence-corrected chi connectivity index (χ3v) is 9.21. The number of carbonyl (C=O) groups is 2. The molecule has 0 saturated heterocycles. The Kier molecular flexibility index (Phi) is 3.57. The Morgan fingerprint density at radius 2 is 1.76 bits per heavy atom. The number of hydrogen-bond acceptors (Lipinski definition) is 2. The fraction of sp³-hybridized carbons (Fsp3) is 0.739. The minimum atomic E-state index is -0.163. The largest absolute Gasteiger partial charge is 0.299 e. The van der Waals surface area contributed by atoms with Crippen molar-refractivity contribution in [3.05, 3.63) is 23.3 Å². The van der Waals surface area contributed by atoms with Crippen LogP contribution in [-0.2, 0) is 9.59 Å². The van der Waals surface area contributed by atoms with Gasteiger partial charge in [-0.3, -0.25) is 9.59 Å². The summed E-state index contributed by atoms with van der Waals surface area (Å²) in [5, 5.41) is 0. The predicted octanol–water partition coefficient (Wildman–Crippen LogP) is 5.28. The van der Waals surface area contributed by atoms with E-state index in [1.807, 2.05) is 6.08 Å². The Morgan fingerprint density at radius 1 is 1.08 bits per heavy atom. The second-order valence-electron chi connectivity index (χ2n) is 9.96. The molecule has 0 spiro atoms. The Bertz CT molecular complexity index is 714. The lowest BCUT2D eigenvalue weighted by Crippen LogP contribution is -2.52. The molecule has 2 fully saturated rings. The van der Waals surface area contributed by atoms with Gasteiger partial charge in [0.15, 0.2) is 5.78 Å². The monoisotopic (exact) mass is 340 g/mol. The fourth-order valence-corrected chi connectivity index (χ4v) is 7.26. The van der Waals surface area contributed by atoms with E-state index in [-0.39, 0.29) is 16.2 Å². The van der Waals surface area contributed by atoms with Crippen LogP contribution in [0.1, 0.15) is 73.1 Å². The zero-order valence-corrected chi connectivity index (χ0v) is 16.4. The highest BCUT2D eigenvalue weighted by atomic mass is 16.1. The summed E-state index contributed by atoms with van der Waals surface area (Å²) in [4.78, 5) is 24.5. The van der Waals surface area contributed by atoms with Crippen LogP contribution < -0.4 is 0 Å². The van der Waals surface area contributed by atoms with E-state index in [1.54, 1.807) is 6.92 Å². The molecule has 2 nitrogen and oxygen atoms in total. The maximum Gasteiger partial charge on any atom is 0.156 e. The van der Waals surface area contributed by atoms with Gasteiger partial charge in [0.05, 0.1) is 0 Å².